The molecule has 5 rings (SSSR count). The number of fused-ring (bicyclic) bond motifs is 2. The summed E-state index contributed by atoms with van der Waals surface area (Å²) in [4.78, 5) is 26.8. The standard InChI is InChI=1S/C25H22Cl2N2O2/c26-17-8-4-7-16(11-17)20-13-23(30)28-14-21(15-5-2-1-3-6-15)25(20)19-10-9-18(27)12-22(19)29-24(25)31/h1-5,7-12,15,20-21H,6,13-14H2,(H,28,30)(H,29,31)/t15?,20-,21+,25-/m0/s1. The van der Waals surface area contributed by atoms with Crippen LogP contribution in [0.1, 0.15) is 29.9 Å². The summed E-state index contributed by atoms with van der Waals surface area (Å²) in [7, 11) is 0. The second-order valence-corrected chi connectivity index (χ2v) is 9.32. The molecule has 158 valence electrons. The van der Waals surface area contributed by atoms with Gasteiger partial charge < -0.3 is 10.6 Å². The molecule has 2 aliphatic heterocycles. The van der Waals surface area contributed by atoms with Gasteiger partial charge in [-0.15, -0.1) is 0 Å². The number of nitrogens with one attached hydrogen (secondary N) is 2. The molecule has 31 heavy (non-hydrogen) atoms. The summed E-state index contributed by atoms with van der Waals surface area (Å²) < 4.78 is 0. The average Bonchev–Trinajstić information content (AvgIpc) is 2.93. The summed E-state index contributed by atoms with van der Waals surface area (Å²) in [5, 5.41) is 7.32. The summed E-state index contributed by atoms with van der Waals surface area (Å²) in [6, 6.07) is 13.1. The van der Waals surface area contributed by atoms with Crippen molar-refractivity contribution in [2.24, 2.45) is 11.8 Å². The first-order chi connectivity index (χ1) is 15.0. The Balaban J connectivity index is 1.78. The van der Waals surface area contributed by atoms with Crippen LogP contribution in [-0.2, 0) is 15.0 Å². The van der Waals surface area contributed by atoms with Gasteiger partial charge in [0.05, 0.1) is 5.41 Å². The Morgan fingerprint density at radius 3 is 2.61 bits per heavy atom. The molecule has 2 aromatic rings. The number of allylic oxidation sites excluding steroid dienone is 4. The van der Waals surface area contributed by atoms with Crippen LogP contribution in [0.3, 0.4) is 0 Å². The fourth-order valence-electron chi connectivity index (χ4n) is 5.60. The topological polar surface area (TPSA) is 58.2 Å². The molecule has 0 aromatic heterocycles. The van der Waals surface area contributed by atoms with Crippen molar-refractivity contribution in [3.05, 3.63) is 87.9 Å². The van der Waals surface area contributed by atoms with Crippen molar-refractivity contribution < 1.29 is 9.59 Å². The van der Waals surface area contributed by atoms with Gasteiger partial charge in [-0.1, -0.05) is 65.7 Å². The first kappa shape index (κ1) is 20.3. The zero-order valence-corrected chi connectivity index (χ0v) is 18.3. The van der Waals surface area contributed by atoms with Crippen LogP contribution in [0.15, 0.2) is 66.8 Å². The predicted octanol–water partition coefficient (Wildman–Crippen LogP) is 5.24. The smallest absolute Gasteiger partial charge is 0.236 e. The largest absolute Gasteiger partial charge is 0.356 e. The maximum absolute atomic E-state index is 13.9. The van der Waals surface area contributed by atoms with Crippen LogP contribution in [0, 0.1) is 11.8 Å². The van der Waals surface area contributed by atoms with Crippen LogP contribution >= 0.6 is 23.2 Å². The molecule has 1 fully saturated rings. The lowest BCUT2D eigenvalue weighted by atomic mass is 9.57. The van der Waals surface area contributed by atoms with Gasteiger partial charge in [-0.3, -0.25) is 9.59 Å². The second kappa shape index (κ2) is 7.85. The van der Waals surface area contributed by atoms with Crippen LogP contribution in [-0.4, -0.2) is 18.4 Å². The zero-order chi connectivity index (χ0) is 21.6. The minimum Gasteiger partial charge on any atom is -0.356 e. The third kappa shape index (κ3) is 3.29. The third-order valence-corrected chi connectivity index (χ3v) is 7.35. The Morgan fingerprint density at radius 1 is 1.00 bits per heavy atom. The number of rotatable bonds is 2. The summed E-state index contributed by atoms with van der Waals surface area (Å²) in [6.07, 6.45) is 9.35. The highest BCUT2D eigenvalue weighted by Gasteiger charge is 2.60. The summed E-state index contributed by atoms with van der Waals surface area (Å²) in [6.45, 7) is 0.425. The van der Waals surface area contributed by atoms with Crippen molar-refractivity contribution in [1.82, 2.24) is 5.32 Å². The number of hydrogen-bond donors (Lipinski definition) is 2. The number of carbonyl (C=O) groups excluding carboxylic acids is 2. The molecule has 6 heteroatoms. The van der Waals surface area contributed by atoms with Crippen LogP contribution < -0.4 is 10.6 Å². The maximum atomic E-state index is 13.9. The lowest BCUT2D eigenvalue weighted by Crippen LogP contribution is -2.50. The van der Waals surface area contributed by atoms with Crippen LogP contribution in [0.4, 0.5) is 5.69 Å². The Hall–Kier alpha value is -2.56. The third-order valence-electron chi connectivity index (χ3n) is 6.88. The zero-order valence-electron chi connectivity index (χ0n) is 16.8. The number of hydrogen-bond acceptors (Lipinski definition) is 2. The normalized spacial score (nSPS) is 29.4. The highest BCUT2D eigenvalue weighted by atomic mass is 35.5. The Labute approximate surface area is 191 Å². The molecule has 0 bridgehead atoms. The van der Waals surface area contributed by atoms with Gasteiger partial charge >= 0.3 is 0 Å². The molecule has 1 aliphatic carbocycles. The van der Waals surface area contributed by atoms with Crippen LogP contribution in [0.5, 0.6) is 0 Å². The van der Waals surface area contributed by atoms with Gasteiger partial charge in [0.15, 0.2) is 0 Å². The van der Waals surface area contributed by atoms with E-state index in [0.29, 0.717) is 16.6 Å². The quantitative estimate of drug-likeness (QED) is 0.654. The van der Waals surface area contributed by atoms with Crippen molar-refractivity contribution in [3.8, 4) is 0 Å². The van der Waals surface area contributed by atoms with Crippen molar-refractivity contribution in [2.75, 3.05) is 11.9 Å². The molecule has 1 spiro atoms. The minimum absolute atomic E-state index is 0.0580. The van der Waals surface area contributed by atoms with Crippen molar-refractivity contribution in [2.45, 2.75) is 24.2 Å². The summed E-state index contributed by atoms with van der Waals surface area (Å²) >= 11 is 12.6. The highest BCUT2D eigenvalue weighted by molar-refractivity contribution is 6.31. The van der Waals surface area contributed by atoms with E-state index in [9.17, 15) is 9.59 Å². The molecule has 0 saturated carbocycles. The number of carbonyl (C=O) groups is 2. The average molecular weight is 453 g/mol. The van der Waals surface area contributed by atoms with Gasteiger partial charge in [0.1, 0.15) is 0 Å². The first-order valence-corrected chi connectivity index (χ1v) is 11.2. The number of amides is 2. The molecule has 1 unspecified atom stereocenters. The second-order valence-electron chi connectivity index (χ2n) is 8.45. The van der Waals surface area contributed by atoms with E-state index < -0.39 is 5.41 Å². The SMILES string of the molecule is O=C1C[C@@H](c2cccc(Cl)c2)[C@]2(C(=O)Nc3cc(Cl)ccc32)[C@@H](C2C=CC=CC2)CN1. The number of halogens is 2. The van der Waals surface area contributed by atoms with Crippen molar-refractivity contribution >= 4 is 40.7 Å². The van der Waals surface area contributed by atoms with E-state index in [1.54, 1.807) is 6.07 Å². The van der Waals surface area contributed by atoms with Gasteiger partial charge in [0.25, 0.3) is 0 Å². The van der Waals surface area contributed by atoms with Gasteiger partial charge in [-0.25, -0.2) is 0 Å². The maximum Gasteiger partial charge on any atom is 0.236 e. The molecule has 0 radical (unpaired) electrons. The van der Waals surface area contributed by atoms with E-state index in [4.69, 9.17) is 23.2 Å². The molecule has 2 heterocycles. The molecular weight excluding hydrogens is 431 g/mol. The lowest BCUT2D eigenvalue weighted by molar-refractivity contribution is -0.124. The highest BCUT2D eigenvalue weighted by Crippen LogP contribution is 2.56. The van der Waals surface area contributed by atoms with E-state index in [-0.39, 0.29) is 36.0 Å². The number of benzene rings is 2. The van der Waals surface area contributed by atoms with Crippen LogP contribution in [0.25, 0.3) is 0 Å². The molecule has 4 nitrogen and oxygen atoms in total. The molecule has 2 amide bonds. The van der Waals surface area contributed by atoms with Gasteiger partial charge in [0, 0.05) is 40.5 Å². The van der Waals surface area contributed by atoms with E-state index in [0.717, 1.165) is 23.2 Å². The van der Waals surface area contributed by atoms with Gasteiger partial charge in [-0.2, -0.15) is 0 Å². The first-order valence-electron chi connectivity index (χ1n) is 10.5. The summed E-state index contributed by atoms with van der Waals surface area (Å²) in [5.74, 6) is -0.527. The van der Waals surface area contributed by atoms with Crippen molar-refractivity contribution in [3.63, 3.8) is 0 Å². The van der Waals surface area contributed by atoms with E-state index in [2.05, 4.69) is 22.8 Å². The molecule has 2 N–H and O–H groups in total. The fraction of sp³-hybridized carbons (Fsp3) is 0.280. The molecular formula is C25H22Cl2N2O2. The monoisotopic (exact) mass is 452 g/mol. The van der Waals surface area contributed by atoms with E-state index >= 15 is 0 Å². The molecule has 2 aromatic carbocycles. The lowest BCUT2D eigenvalue weighted by Gasteiger charge is -2.43. The Kier molecular flexibility index (Phi) is 5.15. The van der Waals surface area contributed by atoms with Gasteiger partial charge in [-0.05, 0) is 47.7 Å². The molecule has 3 aliphatic rings. The fourth-order valence-corrected chi connectivity index (χ4v) is 5.97. The van der Waals surface area contributed by atoms with Crippen molar-refractivity contribution in [1.29, 1.82) is 0 Å². The van der Waals surface area contributed by atoms with E-state index in [1.165, 1.54) is 0 Å². The minimum atomic E-state index is -0.927. The number of anilines is 1. The molecule has 4 atom stereocenters. The predicted molar refractivity (Wildman–Crippen MR) is 123 cm³/mol. The van der Waals surface area contributed by atoms with E-state index in [1.807, 2.05) is 48.6 Å². The Bertz CT molecular complexity index is 1130. The van der Waals surface area contributed by atoms with Gasteiger partial charge in [0.2, 0.25) is 11.8 Å². The van der Waals surface area contributed by atoms with Crippen LogP contribution in [0.2, 0.25) is 10.0 Å². The summed E-state index contributed by atoms with van der Waals surface area (Å²) in [5.41, 5.74) is 1.59. The Morgan fingerprint density at radius 2 is 1.84 bits per heavy atom. The molecule has 1 saturated heterocycles.